The summed E-state index contributed by atoms with van der Waals surface area (Å²) in [5.41, 5.74) is 2.07. The van der Waals surface area contributed by atoms with Crippen LogP contribution in [0.15, 0.2) is 47.4 Å². The number of amides is 1. The Balaban J connectivity index is 2.07. The minimum absolute atomic E-state index is 0.0133. The topological polar surface area (TPSA) is 114 Å². The summed E-state index contributed by atoms with van der Waals surface area (Å²) < 4.78 is 34.9. The molecule has 0 spiro atoms. The number of hydrogen-bond donors (Lipinski definition) is 1. The number of aliphatic hydroxyl groups excluding tert-OH is 1. The number of nitriles is 1. The first-order valence-corrected chi connectivity index (χ1v) is 13.2. The number of ether oxygens (including phenoxy) is 1. The number of nitrogens with zero attached hydrogens (tertiary/aromatic N) is 4. The van der Waals surface area contributed by atoms with Crippen molar-refractivity contribution in [3.63, 3.8) is 0 Å². The van der Waals surface area contributed by atoms with E-state index in [4.69, 9.17) is 10.00 Å². The number of likely N-dealkylation sites (N-methyl/N-ethyl adjacent to an activating group) is 2. The third-order valence-electron chi connectivity index (χ3n) is 6.35. The molecule has 0 radical (unpaired) electrons. The van der Waals surface area contributed by atoms with Crippen molar-refractivity contribution < 1.29 is 23.1 Å². The van der Waals surface area contributed by atoms with Crippen molar-refractivity contribution in [2.45, 2.75) is 30.9 Å². The molecule has 3 rings (SSSR count). The molecule has 9 nitrogen and oxygen atoms in total. The monoisotopic (exact) mass is 514 g/mol. The van der Waals surface area contributed by atoms with Gasteiger partial charge in [-0.2, -0.15) is 9.57 Å². The van der Waals surface area contributed by atoms with Gasteiger partial charge in [-0.1, -0.05) is 25.1 Å². The van der Waals surface area contributed by atoms with Crippen LogP contribution in [0.5, 0.6) is 5.75 Å². The van der Waals surface area contributed by atoms with Gasteiger partial charge in [-0.25, -0.2) is 8.42 Å². The molecule has 194 valence electrons. The van der Waals surface area contributed by atoms with Gasteiger partial charge < -0.3 is 19.6 Å². The molecule has 36 heavy (non-hydrogen) atoms. The molecular weight excluding hydrogens is 480 g/mol. The quantitative estimate of drug-likeness (QED) is 0.601. The summed E-state index contributed by atoms with van der Waals surface area (Å²) >= 11 is 0. The van der Waals surface area contributed by atoms with Crippen molar-refractivity contribution in [2.24, 2.45) is 5.92 Å². The Morgan fingerprint density at radius 3 is 2.42 bits per heavy atom. The Hall–Kier alpha value is -2.97. The van der Waals surface area contributed by atoms with Gasteiger partial charge >= 0.3 is 0 Å². The van der Waals surface area contributed by atoms with Crippen LogP contribution in [-0.4, -0.2) is 93.1 Å². The molecule has 0 aromatic heterocycles. The van der Waals surface area contributed by atoms with Crippen LogP contribution in [0.25, 0.3) is 11.1 Å². The Morgan fingerprint density at radius 1 is 1.19 bits per heavy atom. The Labute approximate surface area is 213 Å². The molecule has 0 fully saturated rings. The fraction of sp³-hybridized carbons (Fsp3) is 0.462. The molecule has 10 heteroatoms. The zero-order chi connectivity index (χ0) is 26.6. The highest BCUT2D eigenvalue weighted by Crippen LogP contribution is 2.36. The fourth-order valence-electron chi connectivity index (χ4n) is 4.12. The van der Waals surface area contributed by atoms with Crippen LogP contribution >= 0.6 is 0 Å². The van der Waals surface area contributed by atoms with E-state index in [0.29, 0.717) is 5.56 Å². The van der Waals surface area contributed by atoms with Crippen LogP contribution in [0.3, 0.4) is 0 Å². The van der Waals surface area contributed by atoms with E-state index >= 15 is 0 Å². The second-order valence-corrected chi connectivity index (χ2v) is 11.5. The van der Waals surface area contributed by atoms with E-state index in [1.165, 1.54) is 10.4 Å². The summed E-state index contributed by atoms with van der Waals surface area (Å²) in [6.07, 6.45) is -0.486. The second kappa shape index (κ2) is 11.4. The van der Waals surface area contributed by atoms with E-state index in [1.807, 2.05) is 21.0 Å². The van der Waals surface area contributed by atoms with Crippen LogP contribution in [0.1, 0.15) is 19.4 Å². The number of fused-ring (bicyclic) bond motifs is 1. The molecule has 0 saturated heterocycles. The number of carbonyl (C=O) groups is 1. The summed E-state index contributed by atoms with van der Waals surface area (Å²) in [6.45, 7) is 3.89. The highest BCUT2D eigenvalue weighted by Gasteiger charge is 2.38. The van der Waals surface area contributed by atoms with Crippen molar-refractivity contribution in [1.29, 1.82) is 5.26 Å². The van der Waals surface area contributed by atoms with Gasteiger partial charge in [0.2, 0.25) is 15.9 Å². The largest absolute Gasteiger partial charge is 0.487 e. The lowest BCUT2D eigenvalue weighted by Gasteiger charge is -2.37. The molecule has 3 atom stereocenters. The van der Waals surface area contributed by atoms with Crippen LogP contribution in [0.2, 0.25) is 0 Å². The standard InChI is InChI=1S/C26H34N4O5S/c1-18-14-30(19(2)17-31)36(33,34)25-11-10-22(21-8-6-20(13-27)7-9-21)12-23(25)35-24(18)15-29(5)26(32)16-28(3)4/h6-12,18-19,24,31H,14-17H2,1-5H3/t18-,19+,24+/m0/s1. The van der Waals surface area contributed by atoms with E-state index < -0.39 is 22.2 Å². The molecule has 0 unspecified atom stereocenters. The smallest absolute Gasteiger partial charge is 0.247 e. The number of aliphatic hydroxyl groups is 1. The van der Waals surface area contributed by atoms with E-state index in [9.17, 15) is 18.3 Å². The first kappa shape index (κ1) is 27.6. The number of sulfonamides is 1. The lowest BCUT2D eigenvalue weighted by molar-refractivity contribution is -0.132. The van der Waals surface area contributed by atoms with Gasteiger partial charge in [-0.05, 0) is 56.4 Å². The molecule has 1 aliphatic heterocycles. The molecule has 0 saturated carbocycles. The predicted octanol–water partition coefficient (Wildman–Crippen LogP) is 2.01. The lowest BCUT2D eigenvalue weighted by atomic mass is 10.0. The van der Waals surface area contributed by atoms with E-state index in [2.05, 4.69) is 6.07 Å². The summed E-state index contributed by atoms with van der Waals surface area (Å²) in [5, 5.41) is 18.9. The molecule has 0 aliphatic carbocycles. The minimum atomic E-state index is -3.96. The summed E-state index contributed by atoms with van der Waals surface area (Å²) in [7, 11) is 1.39. The highest BCUT2D eigenvalue weighted by molar-refractivity contribution is 7.89. The SMILES string of the molecule is C[C@H](CO)N1C[C@H](C)[C@@H](CN(C)C(=O)CN(C)C)Oc2cc(-c3ccc(C#N)cc3)ccc2S1(=O)=O. The first-order chi connectivity index (χ1) is 17.0. The lowest BCUT2D eigenvalue weighted by Crippen LogP contribution is -2.50. The van der Waals surface area contributed by atoms with Crippen LogP contribution in [-0.2, 0) is 14.8 Å². The summed E-state index contributed by atoms with van der Waals surface area (Å²) in [5.74, 6) is -0.148. The van der Waals surface area contributed by atoms with Gasteiger partial charge in [0.1, 0.15) is 16.7 Å². The molecule has 1 aliphatic rings. The van der Waals surface area contributed by atoms with E-state index in [1.54, 1.807) is 60.2 Å². The van der Waals surface area contributed by atoms with Crippen molar-refractivity contribution >= 4 is 15.9 Å². The molecule has 1 amide bonds. The van der Waals surface area contributed by atoms with Gasteiger partial charge in [0.05, 0.1) is 31.3 Å². The molecule has 2 aromatic carbocycles. The average Bonchev–Trinajstić information content (AvgIpc) is 2.85. The van der Waals surface area contributed by atoms with Gasteiger partial charge in [0.15, 0.2) is 0 Å². The first-order valence-electron chi connectivity index (χ1n) is 11.8. The van der Waals surface area contributed by atoms with Crippen molar-refractivity contribution in [3.05, 3.63) is 48.0 Å². The fourth-order valence-corrected chi connectivity index (χ4v) is 5.95. The number of rotatable bonds is 7. The maximum absolute atomic E-state index is 13.6. The number of hydrogen-bond acceptors (Lipinski definition) is 7. The molecule has 0 bridgehead atoms. The van der Waals surface area contributed by atoms with Gasteiger partial charge in [0, 0.05) is 25.6 Å². The third kappa shape index (κ3) is 6.05. The number of carbonyl (C=O) groups excluding carboxylic acids is 1. The van der Waals surface area contributed by atoms with Gasteiger partial charge in [0.25, 0.3) is 0 Å². The molecular formula is C26H34N4O5S. The second-order valence-electron chi connectivity index (χ2n) is 9.60. The van der Waals surface area contributed by atoms with Crippen molar-refractivity contribution in [3.8, 4) is 22.9 Å². The number of benzene rings is 2. The Bertz CT molecular complexity index is 1220. The van der Waals surface area contributed by atoms with Crippen LogP contribution in [0.4, 0.5) is 0 Å². The highest BCUT2D eigenvalue weighted by atomic mass is 32.2. The third-order valence-corrected chi connectivity index (χ3v) is 8.37. The predicted molar refractivity (Wildman–Crippen MR) is 137 cm³/mol. The minimum Gasteiger partial charge on any atom is -0.487 e. The van der Waals surface area contributed by atoms with E-state index in [-0.39, 0.29) is 48.7 Å². The van der Waals surface area contributed by atoms with E-state index in [0.717, 1.165) is 11.1 Å². The maximum Gasteiger partial charge on any atom is 0.247 e. The van der Waals surface area contributed by atoms with Gasteiger partial charge in [-0.15, -0.1) is 0 Å². The zero-order valence-corrected chi connectivity index (χ0v) is 22.2. The molecule has 2 aromatic rings. The summed E-state index contributed by atoms with van der Waals surface area (Å²) in [6, 6.07) is 13.4. The van der Waals surface area contributed by atoms with Crippen LogP contribution in [0, 0.1) is 17.2 Å². The Kier molecular flexibility index (Phi) is 8.74. The average molecular weight is 515 g/mol. The molecule has 1 N–H and O–H groups in total. The van der Waals surface area contributed by atoms with Gasteiger partial charge in [-0.3, -0.25) is 4.79 Å². The normalized spacial score (nSPS) is 20.4. The molecule has 1 heterocycles. The van der Waals surface area contributed by atoms with Crippen molar-refractivity contribution in [2.75, 3.05) is 47.4 Å². The summed E-state index contributed by atoms with van der Waals surface area (Å²) in [4.78, 5) is 16.0. The van der Waals surface area contributed by atoms with Crippen LogP contribution < -0.4 is 4.74 Å². The van der Waals surface area contributed by atoms with Crippen molar-refractivity contribution in [1.82, 2.24) is 14.1 Å². The Morgan fingerprint density at radius 2 is 1.83 bits per heavy atom. The zero-order valence-electron chi connectivity index (χ0n) is 21.4. The maximum atomic E-state index is 13.6.